The van der Waals surface area contributed by atoms with Crippen LogP contribution in [0.3, 0.4) is 0 Å². The third-order valence-corrected chi connectivity index (χ3v) is 4.85. The van der Waals surface area contributed by atoms with E-state index in [4.69, 9.17) is 17.3 Å². The highest BCUT2D eigenvalue weighted by molar-refractivity contribution is 6.34. The van der Waals surface area contributed by atoms with Crippen LogP contribution in [0.4, 0.5) is 5.69 Å². The van der Waals surface area contributed by atoms with Gasteiger partial charge < -0.3 is 16.0 Å². The predicted molar refractivity (Wildman–Crippen MR) is 97.3 cm³/mol. The van der Waals surface area contributed by atoms with Gasteiger partial charge in [-0.25, -0.2) is 0 Å². The molecule has 0 unspecified atom stereocenters. The molecular weight excluding hydrogens is 326 g/mol. The Kier molecular flexibility index (Phi) is 7.06. The lowest BCUT2D eigenvalue weighted by Gasteiger charge is -2.31. The number of carbonyl (C=O) groups excluding carboxylic acids is 2. The SMILES string of the molecule is CN(C(=O)c1ccc(NC(=O)CCCN)cc1Cl)C1CCCCC1. The average molecular weight is 352 g/mol. The van der Waals surface area contributed by atoms with Crippen LogP contribution < -0.4 is 11.1 Å². The minimum Gasteiger partial charge on any atom is -0.339 e. The van der Waals surface area contributed by atoms with E-state index in [1.165, 1.54) is 19.3 Å². The summed E-state index contributed by atoms with van der Waals surface area (Å²) in [7, 11) is 1.84. The Bertz CT molecular complexity index is 586. The molecule has 2 amide bonds. The first kappa shape index (κ1) is 18.7. The van der Waals surface area contributed by atoms with Crippen LogP contribution in [-0.4, -0.2) is 36.3 Å². The Labute approximate surface area is 148 Å². The van der Waals surface area contributed by atoms with Gasteiger partial charge in [0.05, 0.1) is 10.6 Å². The number of nitrogens with two attached hydrogens (primary N) is 1. The van der Waals surface area contributed by atoms with Gasteiger partial charge in [0.25, 0.3) is 5.91 Å². The number of hydrogen-bond acceptors (Lipinski definition) is 3. The van der Waals surface area contributed by atoms with Gasteiger partial charge in [-0.2, -0.15) is 0 Å². The van der Waals surface area contributed by atoms with E-state index in [2.05, 4.69) is 5.32 Å². The molecule has 132 valence electrons. The second-order valence-electron chi connectivity index (χ2n) is 6.34. The minimum atomic E-state index is -0.102. The van der Waals surface area contributed by atoms with Crippen molar-refractivity contribution >= 4 is 29.1 Å². The summed E-state index contributed by atoms with van der Waals surface area (Å²) in [5.74, 6) is -0.164. The van der Waals surface area contributed by atoms with Crippen LogP contribution >= 0.6 is 11.6 Å². The highest BCUT2D eigenvalue weighted by atomic mass is 35.5. The Balaban J connectivity index is 2.02. The van der Waals surface area contributed by atoms with Crippen molar-refractivity contribution in [3.05, 3.63) is 28.8 Å². The van der Waals surface area contributed by atoms with Crippen LogP contribution in [0.1, 0.15) is 55.3 Å². The molecule has 0 atom stereocenters. The molecule has 1 saturated carbocycles. The third-order valence-electron chi connectivity index (χ3n) is 4.53. The van der Waals surface area contributed by atoms with Gasteiger partial charge in [-0.3, -0.25) is 9.59 Å². The number of nitrogens with one attached hydrogen (secondary N) is 1. The molecular formula is C18H26ClN3O2. The van der Waals surface area contributed by atoms with E-state index in [-0.39, 0.29) is 17.9 Å². The van der Waals surface area contributed by atoms with Gasteiger partial charge in [0.15, 0.2) is 0 Å². The lowest BCUT2D eigenvalue weighted by atomic mass is 9.94. The normalized spacial score (nSPS) is 15.1. The Morgan fingerprint density at radius 1 is 1.29 bits per heavy atom. The summed E-state index contributed by atoms with van der Waals surface area (Å²) < 4.78 is 0. The lowest BCUT2D eigenvalue weighted by molar-refractivity contribution is -0.116. The topological polar surface area (TPSA) is 75.4 Å². The molecule has 1 aliphatic carbocycles. The summed E-state index contributed by atoms with van der Waals surface area (Å²) in [4.78, 5) is 26.2. The van der Waals surface area contributed by atoms with Gasteiger partial charge in [0, 0.05) is 25.2 Å². The smallest absolute Gasteiger partial charge is 0.255 e. The summed E-state index contributed by atoms with van der Waals surface area (Å²) >= 11 is 6.28. The van der Waals surface area contributed by atoms with Crippen molar-refractivity contribution < 1.29 is 9.59 Å². The Morgan fingerprint density at radius 2 is 2.00 bits per heavy atom. The molecule has 0 radical (unpaired) electrons. The van der Waals surface area contributed by atoms with Crippen molar-refractivity contribution in [2.75, 3.05) is 18.9 Å². The molecule has 1 fully saturated rings. The predicted octanol–water partition coefficient (Wildman–Crippen LogP) is 3.42. The maximum absolute atomic E-state index is 12.7. The Hall–Kier alpha value is -1.59. The summed E-state index contributed by atoms with van der Waals surface area (Å²) in [5.41, 5.74) is 6.47. The second kappa shape index (κ2) is 9.04. The van der Waals surface area contributed by atoms with Crippen molar-refractivity contribution in [2.24, 2.45) is 5.73 Å². The number of amides is 2. The summed E-state index contributed by atoms with van der Waals surface area (Å²) in [6.07, 6.45) is 6.71. The van der Waals surface area contributed by atoms with Crippen molar-refractivity contribution in [3.63, 3.8) is 0 Å². The van der Waals surface area contributed by atoms with E-state index < -0.39 is 0 Å². The molecule has 3 N–H and O–H groups in total. The molecule has 5 nitrogen and oxygen atoms in total. The molecule has 0 bridgehead atoms. The third kappa shape index (κ3) is 4.95. The quantitative estimate of drug-likeness (QED) is 0.824. The van der Waals surface area contributed by atoms with Crippen LogP contribution in [0, 0.1) is 0 Å². The number of carbonyl (C=O) groups is 2. The van der Waals surface area contributed by atoms with Crippen molar-refractivity contribution in [2.45, 2.75) is 51.0 Å². The van der Waals surface area contributed by atoms with Crippen molar-refractivity contribution in [1.29, 1.82) is 0 Å². The van der Waals surface area contributed by atoms with E-state index in [9.17, 15) is 9.59 Å². The fourth-order valence-corrected chi connectivity index (χ4v) is 3.34. The standard InChI is InChI=1S/C18H26ClN3O2/c1-22(14-6-3-2-4-7-14)18(24)15-10-9-13(12-16(15)19)21-17(23)8-5-11-20/h9-10,12,14H,2-8,11,20H2,1H3,(H,21,23). The van der Waals surface area contributed by atoms with Crippen molar-refractivity contribution in [1.82, 2.24) is 4.90 Å². The zero-order valence-electron chi connectivity index (χ0n) is 14.2. The molecule has 24 heavy (non-hydrogen) atoms. The average Bonchev–Trinajstić information content (AvgIpc) is 2.59. The van der Waals surface area contributed by atoms with Gasteiger partial charge in [-0.05, 0) is 44.0 Å². The first-order valence-corrected chi connectivity index (χ1v) is 8.97. The van der Waals surface area contributed by atoms with Crippen LogP contribution in [0.5, 0.6) is 0 Å². The number of nitrogens with zero attached hydrogens (tertiary/aromatic N) is 1. The highest BCUT2D eigenvalue weighted by Crippen LogP contribution is 2.26. The molecule has 0 aliphatic heterocycles. The summed E-state index contributed by atoms with van der Waals surface area (Å²) in [6.45, 7) is 0.481. The minimum absolute atomic E-state index is 0.0621. The number of hydrogen-bond donors (Lipinski definition) is 2. The monoisotopic (exact) mass is 351 g/mol. The van der Waals surface area contributed by atoms with Gasteiger partial charge in [-0.15, -0.1) is 0 Å². The fourth-order valence-electron chi connectivity index (χ4n) is 3.08. The van der Waals surface area contributed by atoms with E-state index >= 15 is 0 Å². The fraction of sp³-hybridized carbons (Fsp3) is 0.556. The molecule has 0 spiro atoms. The number of halogens is 1. The maximum atomic E-state index is 12.7. The summed E-state index contributed by atoms with van der Waals surface area (Å²) in [6, 6.07) is 5.32. The van der Waals surface area contributed by atoms with Crippen LogP contribution in [0.15, 0.2) is 18.2 Å². The molecule has 0 aromatic heterocycles. The van der Waals surface area contributed by atoms with E-state index in [0.29, 0.717) is 35.7 Å². The zero-order valence-corrected chi connectivity index (χ0v) is 14.9. The van der Waals surface area contributed by atoms with E-state index in [1.807, 2.05) is 7.05 Å². The number of anilines is 1. The van der Waals surface area contributed by atoms with E-state index in [0.717, 1.165) is 12.8 Å². The van der Waals surface area contributed by atoms with E-state index in [1.54, 1.807) is 23.1 Å². The maximum Gasteiger partial charge on any atom is 0.255 e. The van der Waals surface area contributed by atoms with Crippen LogP contribution in [-0.2, 0) is 4.79 Å². The highest BCUT2D eigenvalue weighted by Gasteiger charge is 2.24. The second-order valence-corrected chi connectivity index (χ2v) is 6.75. The number of benzene rings is 1. The Morgan fingerprint density at radius 3 is 2.62 bits per heavy atom. The van der Waals surface area contributed by atoms with Gasteiger partial charge in [0.1, 0.15) is 0 Å². The molecule has 1 aromatic rings. The largest absolute Gasteiger partial charge is 0.339 e. The summed E-state index contributed by atoms with van der Waals surface area (Å²) in [5, 5.41) is 3.13. The first-order valence-electron chi connectivity index (χ1n) is 8.59. The molecule has 2 rings (SSSR count). The molecule has 0 saturated heterocycles. The molecule has 1 aliphatic rings. The van der Waals surface area contributed by atoms with Crippen LogP contribution in [0.2, 0.25) is 5.02 Å². The molecule has 6 heteroatoms. The molecule has 1 aromatic carbocycles. The van der Waals surface area contributed by atoms with Gasteiger partial charge in [-0.1, -0.05) is 30.9 Å². The zero-order chi connectivity index (χ0) is 17.5. The molecule has 0 heterocycles. The number of rotatable bonds is 6. The lowest BCUT2D eigenvalue weighted by Crippen LogP contribution is -2.38. The first-order chi connectivity index (χ1) is 11.5. The van der Waals surface area contributed by atoms with Gasteiger partial charge in [0.2, 0.25) is 5.91 Å². The van der Waals surface area contributed by atoms with Crippen molar-refractivity contribution in [3.8, 4) is 0 Å². The van der Waals surface area contributed by atoms with Crippen LogP contribution in [0.25, 0.3) is 0 Å². The van der Waals surface area contributed by atoms with Gasteiger partial charge >= 0.3 is 0 Å².